The second-order valence-electron chi connectivity index (χ2n) is 4.28. The maximum Gasteiger partial charge on any atom is 0.229 e. The van der Waals surface area contributed by atoms with E-state index in [4.69, 9.17) is 0 Å². The van der Waals surface area contributed by atoms with E-state index < -0.39 is 0 Å². The van der Waals surface area contributed by atoms with Gasteiger partial charge >= 0.3 is 0 Å². The van der Waals surface area contributed by atoms with Gasteiger partial charge in [0.2, 0.25) is 5.91 Å². The van der Waals surface area contributed by atoms with Crippen molar-refractivity contribution in [3.05, 3.63) is 45.4 Å². The summed E-state index contributed by atoms with van der Waals surface area (Å²) in [7, 11) is 0. The van der Waals surface area contributed by atoms with Gasteiger partial charge in [-0.05, 0) is 32.4 Å². The van der Waals surface area contributed by atoms with Crippen molar-refractivity contribution in [1.82, 2.24) is 4.98 Å². The molecule has 0 saturated heterocycles. The Bertz CT molecular complexity index is 575. The third-order valence-corrected chi connectivity index (χ3v) is 3.81. The van der Waals surface area contributed by atoms with Crippen molar-refractivity contribution in [2.75, 3.05) is 5.32 Å². The van der Waals surface area contributed by atoms with Gasteiger partial charge in [-0.2, -0.15) is 0 Å². The maximum atomic E-state index is 12.0. The average molecular weight is 260 g/mol. The van der Waals surface area contributed by atoms with Crippen LogP contribution in [0.2, 0.25) is 0 Å². The predicted molar refractivity (Wildman–Crippen MR) is 75.1 cm³/mol. The number of carbonyl (C=O) groups is 1. The van der Waals surface area contributed by atoms with Crippen LogP contribution >= 0.6 is 11.3 Å². The molecule has 0 atom stereocenters. The van der Waals surface area contributed by atoms with Gasteiger partial charge in [0.25, 0.3) is 0 Å². The molecule has 0 unspecified atom stereocenters. The van der Waals surface area contributed by atoms with E-state index in [-0.39, 0.29) is 5.91 Å². The van der Waals surface area contributed by atoms with Crippen LogP contribution < -0.4 is 5.32 Å². The van der Waals surface area contributed by atoms with E-state index >= 15 is 0 Å². The molecule has 0 radical (unpaired) electrons. The van der Waals surface area contributed by atoms with E-state index in [1.54, 1.807) is 11.3 Å². The number of thiazole rings is 1. The molecule has 1 aromatic heterocycles. The molecule has 0 aliphatic rings. The van der Waals surface area contributed by atoms with Gasteiger partial charge in [-0.3, -0.25) is 4.79 Å². The van der Waals surface area contributed by atoms with Crippen molar-refractivity contribution in [3.8, 4) is 0 Å². The molecular weight excluding hydrogens is 244 g/mol. The Hall–Kier alpha value is -1.68. The molecule has 0 spiro atoms. The number of benzene rings is 1. The molecule has 0 saturated carbocycles. The molecule has 1 amide bonds. The van der Waals surface area contributed by atoms with Crippen molar-refractivity contribution in [3.63, 3.8) is 0 Å². The van der Waals surface area contributed by atoms with Crippen LogP contribution in [0, 0.1) is 20.8 Å². The summed E-state index contributed by atoms with van der Waals surface area (Å²) in [5.41, 5.74) is 2.90. The quantitative estimate of drug-likeness (QED) is 0.920. The number of hydrogen-bond donors (Lipinski definition) is 1. The lowest BCUT2D eigenvalue weighted by molar-refractivity contribution is -0.115. The smallest absolute Gasteiger partial charge is 0.229 e. The summed E-state index contributed by atoms with van der Waals surface area (Å²) in [5, 5.41) is 3.94. The van der Waals surface area contributed by atoms with Crippen molar-refractivity contribution < 1.29 is 4.79 Å². The van der Waals surface area contributed by atoms with Crippen LogP contribution in [-0.4, -0.2) is 10.9 Å². The Morgan fingerprint density at radius 3 is 2.61 bits per heavy atom. The third kappa shape index (κ3) is 2.96. The second-order valence-corrected chi connectivity index (χ2v) is 5.57. The summed E-state index contributed by atoms with van der Waals surface area (Å²) in [5.74, 6) is 0.0102. The number of nitrogens with one attached hydrogen (secondary N) is 1. The Kier molecular flexibility index (Phi) is 3.77. The topological polar surface area (TPSA) is 42.0 Å². The predicted octanol–water partition coefficient (Wildman–Crippen LogP) is 3.25. The first-order chi connectivity index (χ1) is 8.56. The highest BCUT2D eigenvalue weighted by Gasteiger charge is 2.10. The fourth-order valence-electron chi connectivity index (χ4n) is 1.79. The lowest BCUT2D eigenvalue weighted by atomic mass is 10.2. The molecule has 0 aliphatic heterocycles. The molecular formula is C14H16N2OS. The van der Waals surface area contributed by atoms with E-state index in [1.165, 1.54) is 0 Å². The van der Waals surface area contributed by atoms with E-state index in [9.17, 15) is 4.79 Å². The van der Waals surface area contributed by atoms with Crippen molar-refractivity contribution in [1.29, 1.82) is 0 Å². The molecule has 1 heterocycles. The van der Waals surface area contributed by atoms with Gasteiger partial charge in [-0.1, -0.05) is 18.2 Å². The molecule has 0 fully saturated rings. The van der Waals surface area contributed by atoms with E-state index in [1.807, 2.05) is 45.0 Å². The summed E-state index contributed by atoms with van der Waals surface area (Å²) >= 11 is 1.59. The van der Waals surface area contributed by atoms with Gasteiger partial charge in [0.1, 0.15) is 0 Å². The number of aryl methyl sites for hydroxylation is 3. The molecule has 0 bridgehead atoms. The number of hydrogen-bond acceptors (Lipinski definition) is 3. The standard InChI is InChI=1S/C14H16N2OS/c1-9-6-4-5-7-12(9)16-14(17)8-13-10(2)15-11(3)18-13/h4-7H,8H2,1-3H3,(H,16,17). The summed E-state index contributed by atoms with van der Waals surface area (Å²) in [6.45, 7) is 5.89. The van der Waals surface area contributed by atoms with Gasteiger partial charge in [0.05, 0.1) is 17.1 Å². The summed E-state index contributed by atoms with van der Waals surface area (Å²) < 4.78 is 0. The van der Waals surface area contributed by atoms with Crippen LogP contribution in [0.1, 0.15) is 21.1 Å². The SMILES string of the molecule is Cc1nc(C)c(CC(=O)Nc2ccccc2C)s1. The number of para-hydroxylation sites is 1. The Balaban J connectivity index is 2.06. The van der Waals surface area contributed by atoms with Crippen LogP contribution in [0.3, 0.4) is 0 Å². The van der Waals surface area contributed by atoms with Crippen LogP contribution in [-0.2, 0) is 11.2 Å². The van der Waals surface area contributed by atoms with Gasteiger partial charge in [-0.15, -0.1) is 11.3 Å². The molecule has 94 valence electrons. The Morgan fingerprint density at radius 1 is 1.28 bits per heavy atom. The van der Waals surface area contributed by atoms with E-state index in [0.717, 1.165) is 26.8 Å². The zero-order valence-corrected chi connectivity index (χ0v) is 11.6. The van der Waals surface area contributed by atoms with Crippen molar-refractivity contribution >= 4 is 22.9 Å². The summed E-state index contributed by atoms with van der Waals surface area (Å²) in [6.07, 6.45) is 0.395. The minimum absolute atomic E-state index is 0.0102. The minimum atomic E-state index is 0.0102. The van der Waals surface area contributed by atoms with Gasteiger partial charge in [-0.25, -0.2) is 4.98 Å². The zero-order chi connectivity index (χ0) is 13.1. The first-order valence-corrected chi connectivity index (χ1v) is 6.66. The van der Waals surface area contributed by atoms with Crippen LogP contribution in [0.5, 0.6) is 0 Å². The number of rotatable bonds is 3. The van der Waals surface area contributed by atoms with Gasteiger partial charge < -0.3 is 5.32 Å². The zero-order valence-electron chi connectivity index (χ0n) is 10.8. The largest absolute Gasteiger partial charge is 0.326 e. The fraction of sp³-hybridized carbons (Fsp3) is 0.286. The molecule has 2 rings (SSSR count). The van der Waals surface area contributed by atoms with E-state index in [2.05, 4.69) is 10.3 Å². The number of anilines is 1. The summed E-state index contributed by atoms with van der Waals surface area (Å²) in [6, 6.07) is 7.78. The number of aromatic nitrogens is 1. The molecule has 4 heteroatoms. The monoisotopic (exact) mass is 260 g/mol. The average Bonchev–Trinajstić information content (AvgIpc) is 2.61. The van der Waals surface area contributed by atoms with Crippen LogP contribution in [0.4, 0.5) is 5.69 Å². The first kappa shape index (κ1) is 12.8. The lowest BCUT2D eigenvalue weighted by Crippen LogP contribution is -2.14. The third-order valence-electron chi connectivity index (χ3n) is 2.74. The molecule has 1 aromatic carbocycles. The van der Waals surface area contributed by atoms with Crippen LogP contribution in [0.25, 0.3) is 0 Å². The number of carbonyl (C=O) groups excluding carboxylic acids is 1. The Morgan fingerprint density at radius 2 is 2.00 bits per heavy atom. The van der Waals surface area contributed by atoms with Crippen molar-refractivity contribution in [2.45, 2.75) is 27.2 Å². The molecule has 1 N–H and O–H groups in total. The highest BCUT2D eigenvalue weighted by molar-refractivity contribution is 7.11. The first-order valence-electron chi connectivity index (χ1n) is 5.84. The lowest BCUT2D eigenvalue weighted by Gasteiger charge is -2.07. The van der Waals surface area contributed by atoms with Crippen LogP contribution in [0.15, 0.2) is 24.3 Å². The van der Waals surface area contributed by atoms with Crippen molar-refractivity contribution in [2.24, 2.45) is 0 Å². The fourth-order valence-corrected chi connectivity index (χ4v) is 2.73. The highest BCUT2D eigenvalue weighted by Crippen LogP contribution is 2.19. The summed E-state index contributed by atoms with van der Waals surface area (Å²) in [4.78, 5) is 17.3. The Labute approximate surface area is 111 Å². The van der Waals surface area contributed by atoms with E-state index in [0.29, 0.717) is 6.42 Å². The number of nitrogens with zero attached hydrogens (tertiary/aromatic N) is 1. The maximum absolute atomic E-state index is 12.0. The number of amides is 1. The normalized spacial score (nSPS) is 10.4. The highest BCUT2D eigenvalue weighted by atomic mass is 32.1. The van der Waals surface area contributed by atoms with Gasteiger partial charge in [0, 0.05) is 10.6 Å². The molecule has 0 aliphatic carbocycles. The molecule has 2 aromatic rings. The minimum Gasteiger partial charge on any atom is -0.326 e. The van der Waals surface area contributed by atoms with Gasteiger partial charge in [0.15, 0.2) is 0 Å². The molecule has 18 heavy (non-hydrogen) atoms. The second kappa shape index (κ2) is 5.31. The molecule has 3 nitrogen and oxygen atoms in total.